The summed E-state index contributed by atoms with van der Waals surface area (Å²) in [5.41, 5.74) is 0. The average Bonchev–Trinajstić information content (AvgIpc) is 2.75. The SMILES string of the molecule is O=S(=O)(NCC1CCCC1Br)c1cc(Cl)ccc1Cl. The van der Waals surface area contributed by atoms with Gasteiger partial charge in [0.25, 0.3) is 0 Å². The number of halogens is 3. The van der Waals surface area contributed by atoms with Crippen LogP contribution in [0.25, 0.3) is 0 Å². The number of hydrogen-bond acceptors (Lipinski definition) is 2. The van der Waals surface area contributed by atoms with Crippen LogP contribution in [0.3, 0.4) is 0 Å². The van der Waals surface area contributed by atoms with Crippen molar-refractivity contribution in [3.05, 3.63) is 28.2 Å². The average molecular weight is 387 g/mol. The third-order valence-corrected chi connectivity index (χ3v) is 6.63. The highest BCUT2D eigenvalue weighted by Gasteiger charge is 2.27. The van der Waals surface area contributed by atoms with Gasteiger partial charge in [-0.2, -0.15) is 0 Å². The number of rotatable bonds is 4. The highest BCUT2D eigenvalue weighted by atomic mass is 79.9. The van der Waals surface area contributed by atoms with Crippen LogP contribution in [0, 0.1) is 5.92 Å². The monoisotopic (exact) mass is 385 g/mol. The zero-order valence-corrected chi connectivity index (χ0v) is 14.0. The predicted octanol–water partition coefficient (Wildman–Crippen LogP) is 3.84. The predicted molar refractivity (Wildman–Crippen MR) is 81.7 cm³/mol. The Hall–Kier alpha value is 0.190. The zero-order chi connectivity index (χ0) is 14.0. The molecule has 1 aromatic carbocycles. The van der Waals surface area contributed by atoms with Gasteiger partial charge in [0, 0.05) is 16.4 Å². The molecule has 0 heterocycles. The first kappa shape index (κ1) is 15.6. The lowest BCUT2D eigenvalue weighted by atomic mass is 10.1. The molecule has 106 valence electrons. The minimum absolute atomic E-state index is 0.0331. The van der Waals surface area contributed by atoms with E-state index in [0.717, 1.165) is 19.3 Å². The molecular weight excluding hydrogens is 373 g/mol. The number of alkyl halides is 1. The first-order valence-corrected chi connectivity index (χ1v) is 9.14. The van der Waals surface area contributed by atoms with E-state index in [1.807, 2.05) is 0 Å². The lowest BCUT2D eigenvalue weighted by Crippen LogP contribution is -2.31. The summed E-state index contributed by atoms with van der Waals surface area (Å²) in [4.78, 5) is 0.413. The Morgan fingerprint density at radius 3 is 2.68 bits per heavy atom. The summed E-state index contributed by atoms with van der Waals surface area (Å²) < 4.78 is 27.0. The Balaban J connectivity index is 2.12. The fraction of sp³-hybridized carbons (Fsp3) is 0.500. The van der Waals surface area contributed by atoms with Crippen LogP contribution in [0.5, 0.6) is 0 Å². The van der Waals surface area contributed by atoms with E-state index in [-0.39, 0.29) is 9.92 Å². The molecule has 1 saturated carbocycles. The van der Waals surface area contributed by atoms with Gasteiger partial charge >= 0.3 is 0 Å². The van der Waals surface area contributed by atoms with Crippen LogP contribution >= 0.6 is 39.1 Å². The van der Waals surface area contributed by atoms with Gasteiger partial charge in [0.15, 0.2) is 0 Å². The molecule has 1 aliphatic rings. The van der Waals surface area contributed by atoms with E-state index >= 15 is 0 Å². The number of benzene rings is 1. The highest BCUT2D eigenvalue weighted by molar-refractivity contribution is 9.09. The number of hydrogen-bond donors (Lipinski definition) is 1. The van der Waals surface area contributed by atoms with Crippen LogP contribution in [0.15, 0.2) is 23.1 Å². The molecule has 0 radical (unpaired) electrons. The summed E-state index contributed by atoms with van der Waals surface area (Å²) in [6.07, 6.45) is 3.24. The topological polar surface area (TPSA) is 46.2 Å². The molecule has 1 aromatic rings. The van der Waals surface area contributed by atoms with Gasteiger partial charge in [-0.3, -0.25) is 0 Å². The van der Waals surface area contributed by atoms with E-state index in [1.54, 1.807) is 6.07 Å². The Morgan fingerprint density at radius 1 is 1.32 bits per heavy atom. The van der Waals surface area contributed by atoms with Gasteiger partial charge < -0.3 is 0 Å². The minimum Gasteiger partial charge on any atom is -0.211 e. The van der Waals surface area contributed by atoms with Crippen molar-refractivity contribution < 1.29 is 8.42 Å². The van der Waals surface area contributed by atoms with Crippen LogP contribution in [0.4, 0.5) is 0 Å². The summed E-state index contributed by atoms with van der Waals surface area (Å²) in [6.45, 7) is 0.418. The largest absolute Gasteiger partial charge is 0.242 e. The van der Waals surface area contributed by atoms with Gasteiger partial charge in [-0.15, -0.1) is 0 Å². The summed E-state index contributed by atoms with van der Waals surface area (Å²) in [7, 11) is -3.61. The maximum absolute atomic E-state index is 12.2. The Morgan fingerprint density at radius 2 is 2.05 bits per heavy atom. The summed E-state index contributed by atoms with van der Waals surface area (Å²) in [6, 6.07) is 4.42. The van der Waals surface area contributed by atoms with Crippen molar-refractivity contribution >= 4 is 49.2 Å². The maximum Gasteiger partial charge on any atom is 0.242 e. The van der Waals surface area contributed by atoms with E-state index < -0.39 is 10.0 Å². The molecule has 0 amide bonds. The summed E-state index contributed by atoms with van der Waals surface area (Å²) >= 11 is 15.3. The quantitative estimate of drug-likeness (QED) is 0.799. The first-order valence-electron chi connectivity index (χ1n) is 5.99. The molecule has 19 heavy (non-hydrogen) atoms. The molecule has 2 unspecified atom stereocenters. The molecule has 0 aliphatic heterocycles. The fourth-order valence-corrected chi connectivity index (χ4v) is 4.83. The minimum atomic E-state index is -3.61. The lowest BCUT2D eigenvalue weighted by molar-refractivity contribution is 0.529. The maximum atomic E-state index is 12.2. The van der Waals surface area contributed by atoms with Crippen LogP contribution in [0.2, 0.25) is 10.0 Å². The second kappa shape index (κ2) is 6.31. The molecule has 3 nitrogen and oxygen atoms in total. The van der Waals surface area contributed by atoms with E-state index in [0.29, 0.717) is 22.3 Å². The normalized spacial score (nSPS) is 23.7. The molecule has 0 bridgehead atoms. The van der Waals surface area contributed by atoms with Crippen molar-refractivity contribution in [3.63, 3.8) is 0 Å². The summed E-state index contributed by atoms with van der Waals surface area (Å²) in [5, 5.41) is 0.530. The second-order valence-electron chi connectivity index (χ2n) is 4.63. The molecule has 1 fully saturated rings. The Bertz CT molecular complexity index is 565. The highest BCUT2D eigenvalue weighted by Crippen LogP contribution is 2.31. The van der Waals surface area contributed by atoms with Crippen molar-refractivity contribution in [1.29, 1.82) is 0 Å². The van der Waals surface area contributed by atoms with Crippen LogP contribution in [0.1, 0.15) is 19.3 Å². The number of nitrogens with one attached hydrogen (secondary N) is 1. The fourth-order valence-electron chi connectivity index (χ4n) is 2.20. The van der Waals surface area contributed by atoms with E-state index in [9.17, 15) is 8.42 Å². The standard InChI is InChI=1S/C12H14BrCl2NO2S/c13-10-3-1-2-8(10)7-16-19(17,18)12-6-9(14)4-5-11(12)15/h4-6,8,10,16H,1-3,7H2. The van der Waals surface area contributed by atoms with Crippen molar-refractivity contribution in [3.8, 4) is 0 Å². The molecule has 1 N–H and O–H groups in total. The van der Waals surface area contributed by atoms with Crippen molar-refractivity contribution in [1.82, 2.24) is 4.72 Å². The molecule has 0 spiro atoms. The molecule has 0 aromatic heterocycles. The Labute approximate surface area is 131 Å². The molecule has 2 atom stereocenters. The molecule has 1 aliphatic carbocycles. The van der Waals surface area contributed by atoms with Crippen LogP contribution in [-0.2, 0) is 10.0 Å². The van der Waals surface area contributed by atoms with Crippen molar-refractivity contribution in [2.45, 2.75) is 29.0 Å². The zero-order valence-electron chi connectivity index (χ0n) is 10.1. The molecule has 7 heteroatoms. The van der Waals surface area contributed by atoms with Gasteiger partial charge in [0.1, 0.15) is 4.90 Å². The smallest absolute Gasteiger partial charge is 0.211 e. The van der Waals surface area contributed by atoms with Crippen LogP contribution < -0.4 is 4.72 Å². The van der Waals surface area contributed by atoms with Gasteiger partial charge in [-0.25, -0.2) is 13.1 Å². The van der Waals surface area contributed by atoms with Crippen LogP contribution in [-0.4, -0.2) is 19.8 Å². The summed E-state index contributed by atoms with van der Waals surface area (Å²) in [5.74, 6) is 0.327. The third-order valence-electron chi connectivity index (χ3n) is 3.28. The molecular formula is C12H14BrCl2NO2S. The Kier molecular flexibility index (Phi) is 5.17. The van der Waals surface area contributed by atoms with E-state index in [4.69, 9.17) is 23.2 Å². The van der Waals surface area contributed by atoms with Crippen molar-refractivity contribution in [2.75, 3.05) is 6.54 Å². The lowest BCUT2D eigenvalue weighted by Gasteiger charge is -2.15. The van der Waals surface area contributed by atoms with Gasteiger partial charge in [-0.05, 0) is 37.0 Å². The molecule has 0 saturated heterocycles. The van der Waals surface area contributed by atoms with E-state index in [2.05, 4.69) is 20.7 Å². The number of sulfonamides is 1. The van der Waals surface area contributed by atoms with Gasteiger partial charge in [0.05, 0.1) is 5.02 Å². The van der Waals surface area contributed by atoms with Gasteiger partial charge in [0.2, 0.25) is 10.0 Å². The van der Waals surface area contributed by atoms with E-state index in [1.165, 1.54) is 12.1 Å². The van der Waals surface area contributed by atoms with Gasteiger partial charge in [-0.1, -0.05) is 45.6 Å². The third kappa shape index (κ3) is 3.85. The van der Waals surface area contributed by atoms with Crippen molar-refractivity contribution in [2.24, 2.45) is 5.92 Å². The second-order valence-corrected chi connectivity index (χ2v) is 8.39. The molecule has 2 rings (SSSR count). The first-order chi connectivity index (χ1) is 8.90.